The van der Waals surface area contributed by atoms with Gasteiger partial charge >= 0.3 is 6.18 Å². The summed E-state index contributed by atoms with van der Waals surface area (Å²) < 4.78 is 38.1. The average molecular weight is 348 g/mol. The molecule has 0 N–H and O–H groups in total. The Hall–Kier alpha value is -1.99. The Morgan fingerprint density at radius 3 is 2.87 bits per heavy atom. The molecule has 1 aromatic heterocycles. The van der Waals surface area contributed by atoms with Crippen LogP contribution in [0.3, 0.4) is 0 Å². The Kier molecular flexibility index (Phi) is 5.01. The van der Waals surface area contributed by atoms with Crippen LogP contribution in [0.1, 0.15) is 28.0 Å². The molecule has 0 unspecified atom stereocenters. The van der Waals surface area contributed by atoms with Gasteiger partial charge in [-0.25, -0.2) is 4.98 Å². The Morgan fingerprint density at radius 1 is 1.61 bits per heavy atom. The van der Waals surface area contributed by atoms with E-state index < -0.39 is 22.9 Å². The molecule has 1 aromatic rings. The van der Waals surface area contributed by atoms with Crippen molar-refractivity contribution in [1.29, 1.82) is 0 Å². The summed E-state index contributed by atoms with van der Waals surface area (Å²) in [5.74, 6) is -0.423. The number of amides is 1. The summed E-state index contributed by atoms with van der Waals surface area (Å²) in [4.78, 5) is 19.9. The first-order valence-corrected chi connectivity index (χ1v) is 7.16. The van der Waals surface area contributed by atoms with Crippen molar-refractivity contribution < 1.29 is 18.0 Å². The van der Waals surface area contributed by atoms with Gasteiger partial charge in [0.1, 0.15) is 10.8 Å². The van der Waals surface area contributed by atoms with Gasteiger partial charge in [0, 0.05) is 24.5 Å². The van der Waals surface area contributed by atoms with Gasteiger partial charge in [-0.2, -0.15) is 13.2 Å². The van der Waals surface area contributed by atoms with Crippen LogP contribution in [0.4, 0.5) is 13.2 Å². The topological polar surface area (TPSA) is 82.0 Å². The van der Waals surface area contributed by atoms with Gasteiger partial charge in [0.25, 0.3) is 5.91 Å². The molecule has 124 valence electrons. The minimum Gasteiger partial charge on any atom is -0.338 e. The molecule has 1 fully saturated rings. The number of hydrogen-bond donors (Lipinski definition) is 0. The van der Waals surface area contributed by atoms with Crippen molar-refractivity contribution in [2.45, 2.75) is 19.5 Å². The molecule has 2 rings (SSSR count). The molecule has 1 atom stereocenters. The van der Waals surface area contributed by atoms with Crippen LogP contribution in [-0.4, -0.2) is 35.4 Å². The third-order valence-corrected chi connectivity index (χ3v) is 3.93. The zero-order valence-corrected chi connectivity index (χ0v) is 12.9. The number of aromatic nitrogens is 1. The number of nitrogens with zero attached hydrogens (tertiary/aromatic N) is 5. The molecule has 0 aliphatic carbocycles. The minimum atomic E-state index is -4.62. The standard InChI is InChI=1S/C13H13ClF3N5O/c1-7-4-9(13(15,16)17)20-11(14)10(7)12(23)22-3-2-8(6-22)5-19-21-18/h4,8H,2-3,5-6H2,1H3/t8-/m1/s1. The van der Waals surface area contributed by atoms with E-state index in [0.29, 0.717) is 19.5 Å². The Morgan fingerprint density at radius 2 is 2.30 bits per heavy atom. The monoisotopic (exact) mass is 347 g/mol. The van der Waals surface area contributed by atoms with Crippen molar-refractivity contribution in [3.05, 3.63) is 38.5 Å². The molecule has 0 bridgehead atoms. The zero-order valence-electron chi connectivity index (χ0n) is 12.1. The molecule has 0 saturated carbocycles. The van der Waals surface area contributed by atoms with Crippen molar-refractivity contribution in [2.24, 2.45) is 11.0 Å². The van der Waals surface area contributed by atoms with Crippen LogP contribution in [0.5, 0.6) is 0 Å². The van der Waals surface area contributed by atoms with E-state index in [9.17, 15) is 18.0 Å². The summed E-state index contributed by atoms with van der Waals surface area (Å²) in [5, 5.41) is 3.02. The molecule has 23 heavy (non-hydrogen) atoms. The Balaban J connectivity index is 2.22. The van der Waals surface area contributed by atoms with E-state index in [1.807, 2.05) is 0 Å². The van der Waals surface area contributed by atoms with E-state index >= 15 is 0 Å². The zero-order chi connectivity index (χ0) is 17.2. The van der Waals surface area contributed by atoms with Crippen molar-refractivity contribution in [2.75, 3.05) is 19.6 Å². The quantitative estimate of drug-likeness (QED) is 0.360. The second-order valence-electron chi connectivity index (χ2n) is 5.31. The van der Waals surface area contributed by atoms with Gasteiger partial charge in [0.2, 0.25) is 0 Å². The molecule has 6 nitrogen and oxygen atoms in total. The lowest BCUT2D eigenvalue weighted by molar-refractivity contribution is -0.141. The molecular formula is C13H13ClF3N5O. The molecule has 2 heterocycles. The van der Waals surface area contributed by atoms with Crippen LogP contribution in [0, 0.1) is 12.8 Å². The Bertz CT molecular complexity index is 649. The van der Waals surface area contributed by atoms with Crippen molar-refractivity contribution in [3.8, 4) is 0 Å². The number of rotatable bonds is 3. The average Bonchev–Trinajstić information content (AvgIpc) is 2.92. The first-order valence-electron chi connectivity index (χ1n) is 6.78. The van der Waals surface area contributed by atoms with Crippen LogP contribution < -0.4 is 0 Å². The summed E-state index contributed by atoms with van der Waals surface area (Å²) in [5.41, 5.74) is 7.28. The summed E-state index contributed by atoms with van der Waals surface area (Å²) in [6, 6.07) is 0.812. The highest BCUT2D eigenvalue weighted by Gasteiger charge is 2.35. The molecule has 1 aliphatic heterocycles. The fourth-order valence-corrected chi connectivity index (χ4v) is 2.83. The van der Waals surface area contributed by atoms with E-state index in [-0.39, 0.29) is 23.6 Å². The summed E-state index contributed by atoms with van der Waals surface area (Å²) >= 11 is 5.81. The van der Waals surface area contributed by atoms with Gasteiger partial charge in [0.15, 0.2) is 0 Å². The Labute approximate surface area is 134 Å². The number of carbonyl (C=O) groups excluding carboxylic acids is 1. The van der Waals surface area contributed by atoms with Gasteiger partial charge in [-0.05, 0) is 36.4 Å². The van der Waals surface area contributed by atoms with E-state index in [2.05, 4.69) is 15.0 Å². The first kappa shape index (κ1) is 17.4. The lowest BCUT2D eigenvalue weighted by Gasteiger charge is -2.19. The third kappa shape index (κ3) is 3.86. The van der Waals surface area contributed by atoms with Crippen molar-refractivity contribution in [3.63, 3.8) is 0 Å². The molecule has 1 saturated heterocycles. The SMILES string of the molecule is Cc1cc(C(F)(F)F)nc(Cl)c1C(=O)N1CC[C@H](CN=[N+]=[N-])C1. The van der Waals surface area contributed by atoms with E-state index in [0.717, 1.165) is 6.07 Å². The number of carbonyl (C=O) groups is 1. The highest BCUT2D eigenvalue weighted by Crippen LogP contribution is 2.32. The highest BCUT2D eigenvalue weighted by molar-refractivity contribution is 6.32. The number of pyridine rings is 1. The second-order valence-corrected chi connectivity index (χ2v) is 5.67. The van der Waals surface area contributed by atoms with Gasteiger partial charge in [-0.1, -0.05) is 16.7 Å². The molecule has 1 aliphatic rings. The number of alkyl halides is 3. The smallest absolute Gasteiger partial charge is 0.338 e. The third-order valence-electron chi connectivity index (χ3n) is 3.65. The van der Waals surface area contributed by atoms with Gasteiger partial charge in [-0.15, -0.1) is 0 Å². The molecule has 0 aromatic carbocycles. The number of hydrogen-bond acceptors (Lipinski definition) is 3. The predicted molar refractivity (Wildman–Crippen MR) is 77.0 cm³/mol. The number of likely N-dealkylation sites (tertiary alicyclic amines) is 1. The van der Waals surface area contributed by atoms with Gasteiger partial charge < -0.3 is 4.90 Å². The number of azide groups is 1. The van der Waals surface area contributed by atoms with Crippen molar-refractivity contribution >= 4 is 17.5 Å². The number of halogens is 4. The molecule has 0 spiro atoms. The van der Waals surface area contributed by atoms with Crippen LogP contribution in [-0.2, 0) is 6.18 Å². The van der Waals surface area contributed by atoms with Crippen LogP contribution in [0.15, 0.2) is 11.2 Å². The fraction of sp³-hybridized carbons (Fsp3) is 0.538. The fourth-order valence-electron chi connectivity index (χ4n) is 2.51. The first-order chi connectivity index (χ1) is 10.7. The normalized spacial score (nSPS) is 18.0. The van der Waals surface area contributed by atoms with Crippen molar-refractivity contribution in [1.82, 2.24) is 9.88 Å². The summed E-state index contributed by atoms with van der Waals surface area (Å²) in [6.07, 6.45) is -3.96. The predicted octanol–water partition coefficient (Wildman–Crippen LogP) is 3.83. The molecule has 10 heteroatoms. The summed E-state index contributed by atoms with van der Waals surface area (Å²) in [7, 11) is 0. The van der Waals surface area contributed by atoms with Crippen LogP contribution >= 0.6 is 11.6 Å². The maximum atomic E-state index is 12.7. The second kappa shape index (κ2) is 6.64. The highest BCUT2D eigenvalue weighted by atomic mass is 35.5. The largest absolute Gasteiger partial charge is 0.433 e. The van der Waals surface area contributed by atoms with E-state index in [4.69, 9.17) is 17.1 Å². The molecular weight excluding hydrogens is 335 g/mol. The maximum absolute atomic E-state index is 12.7. The number of aryl methyl sites for hydroxylation is 1. The maximum Gasteiger partial charge on any atom is 0.433 e. The van der Waals surface area contributed by atoms with Gasteiger partial charge in [-0.3, -0.25) is 4.79 Å². The van der Waals surface area contributed by atoms with E-state index in [1.165, 1.54) is 11.8 Å². The van der Waals surface area contributed by atoms with Crippen LogP contribution in [0.2, 0.25) is 5.15 Å². The lowest BCUT2D eigenvalue weighted by Crippen LogP contribution is -2.30. The van der Waals surface area contributed by atoms with Crippen LogP contribution in [0.25, 0.3) is 10.4 Å². The van der Waals surface area contributed by atoms with Gasteiger partial charge in [0.05, 0.1) is 5.56 Å². The lowest BCUT2D eigenvalue weighted by atomic mass is 10.1. The molecule has 0 radical (unpaired) electrons. The van der Waals surface area contributed by atoms with E-state index in [1.54, 1.807) is 0 Å². The summed E-state index contributed by atoms with van der Waals surface area (Å²) in [6.45, 7) is 2.47. The molecule has 1 amide bonds. The minimum absolute atomic E-state index is 0.0240.